The monoisotopic (exact) mass is 263 g/mol. The zero-order valence-corrected chi connectivity index (χ0v) is 10.5. The molecule has 5 nitrogen and oxygen atoms in total. The average molecular weight is 263 g/mol. The first-order valence-electron chi connectivity index (χ1n) is 6.14. The third-order valence-corrected chi connectivity index (χ3v) is 3.29. The highest BCUT2D eigenvalue weighted by molar-refractivity contribution is 5.36. The van der Waals surface area contributed by atoms with Gasteiger partial charge in [0.05, 0.1) is 12.1 Å². The predicted octanol–water partition coefficient (Wildman–Crippen LogP) is 1.83. The first kappa shape index (κ1) is 12.1. The van der Waals surface area contributed by atoms with E-state index in [1.165, 1.54) is 12.1 Å². The predicted molar refractivity (Wildman–Crippen MR) is 66.1 cm³/mol. The van der Waals surface area contributed by atoms with Crippen molar-refractivity contribution in [1.29, 1.82) is 0 Å². The summed E-state index contributed by atoms with van der Waals surface area (Å²) in [4.78, 5) is 1.86. The van der Waals surface area contributed by atoms with Gasteiger partial charge in [-0.2, -0.15) is 0 Å². The number of nitrogens with zero attached hydrogens (tertiary/aromatic N) is 3. The van der Waals surface area contributed by atoms with Crippen LogP contribution in [0.3, 0.4) is 0 Å². The van der Waals surface area contributed by atoms with Crippen molar-refractivity contribution in [2.45, 2.75) is 25.5 Å². The van der Waals surface area contributed by atoms with Crippen LogP contribution < -0.4 is 4.90 Å². The molecule has 6 heteroatoms. The van der Waals surface area contributed by atoms with Crippen LogP contribution >= 0.6 is 0 Å². The van der Waals surface area contributed by atoms with Crippen molar-refractivity contribution in [3.05, 3.63) is 41.5 Å². The summed E-state index contributed by atoms with van der Waals surface area (Å²) in [7, 11) is 0. The summed E-state index contributed by atoms with van der Waals surface area (Å²) in [6.45, 7) is 2.15. The molecule has 2 atom stereocenters. The largest absolute Gasteiger partial charge is 0.408 e. The Kier molecular flexibility index (Phi) is 2.94. The molecule has 1 aliphatic heterocycles. The van der Waals surface area contributed by atoms with E-state index in [1.54, 1.807) is 19.1 Å². The Labute approximate surface area is 109 Å². The molecule has 3 rings (SSSR count). The Bertz CT molecular complexity index is 570. The van der Waals surface area contributed by atoms with Crippen LogP contribution in [0.15, 0.2) is 28.7 Å². The SMILES string of the molecule is Cc1nnc(N2C[C@@H](O)C[C@@H]2c2ccc(F)cc2)o1. The molecule has 1 aromatic heterocycles. The number of β-amino-alcohol motifs (C(OH)–C–C–N with tert-alkyl or cyclic N) is 1. The highest BCUT2D eigenvalue weighted by Gasteiger charge is 2.35. The Balaban J connectivity index is 1.92. The molecule has 2 aromatic rings. The quantitative estimate of drug-likeness (QED) is 0.895. The van der Waals surface area contributed by atoms with Crippen molar-refractivity contribution < 1.29 is 13.9 Å². The van der Waals surface area contributed by atoms with Gasteiger partial charge in [-0.15, -0.1) is 5.10 Å². The second-order valence-corrected chi connectivity index (χ2v) is 4.71. The fourth-order valence-corrected chi connectivity index (χ4v) is 2.43. The molecule has 100 valence electrons. The van der Waals surface area contributed by atoms with Gasteiger partial charge < -0.3 is 14.4 Å². The fourth-order valence-electron chi connectivity index (χ4n) is 2.43. The molecule has 1 fully saturated rings. The second kappa shape index (κ2) is 4.62. The van der Waals surface area contributed by atoms with Gasteiger partial charge >= 0.3 is 6.01 Å². The van der Waals surface area contributed by atoms with Gasteiger partial charge in [0.1, 0.15) is 5.82 Å². The number of hydrogen-bond acceptors (Lipinski definition) is 5. The van der Waals surface area contributed by atoms with E-state index >= 15 is 0 Å². The van der Waals surface area contributed by atoms with Crippen LogP contribution in [0.4, 0.5) is 10.4 Å². The van der Waals surface area contributed by atoms with E-state index in [9.17, 15) is 9.50 Å². The highest BCUT2D eigenvalue weighted by Crippen LogP contribution is 2.35. The van der Waals surface area contributed by atoms with Crippen LogP contribution in [0.1, 0.15) is 23.9 Å². The molecule has 1 N–H and O–H groups in total. The number of hydrogen-bond donors (Lipinski definition) is 1. The van der Waals surface area contributed by atoms with Crippen LogP contribution in [0.25, 0.3) is 0 Å². The van der Waals surface area contributed by atoms with Crippen molar-refractivity contribution >= 4 is 6.01 Å². The molecule has 0 amide bonds. The molecule has 0 radical (unpaired) electrons. The van der Waals surface area contributed by atoms with Gasteiger partial charge in [-0.3, -0.25) is 0 Å². The summed E-state index contributed by atoms with van der Waals surface area (Å²) >= 11 is 0. The molecule has 19 heavy (non-hydrogen) atoms. The van der Waals surface area contributed by atoms with E-state index in [2.05, 4.69) is 10.2 Å². The molecule has 0 unspecified atom stereocenters. The lowest BCUT2D eigenvalue weighted by molar-refractivity contribution is 0.194. The number of aryl methyl sites for hydroxylation is 1. The summed E-state index contributed by atoms with van der Waals surface area (Å²) < 4.78 is 18.4. The molecule has 2 heterocycles. The van der Waals surface area contributed by atoms with E-state index in [0.29, 0.717) is 24.9 Å². The Morgan fingerprint density at radius 2 is 2.05 bits per heavy atom. The number of anilines is 1. The standard InChI is InChI=1S/C13H14FN3O2/c1-8-15-16-13(19-8)17-7-11(18)6-12(17)9-2-4-10(14)5-3-9/h2-5,11-12,18H,6-7H2,1H3/t11-,12+/m0/s1. The number of rotatable bonds is 2. The lowest BCUT2D eigenvalue weighted by atomic mass is 10.0. The lowest BCUT2D eigenvalue weighted by Gasteiger charge is -2.22. The Hall–Kier alpha value is -1.95. The van der Waals surface area contributed by atoms with Gasteiger partial charge in [-0.1, -0.05) is 17.2 Å². The molecular formula is C13H14FN3O2. The third-order valence-electron chi connectivity index (χ3n) is 3.29. The zero-order valence-electron chi connectivity index (χ0n) is 10.5. The minimum absolute atomic E-state index is 0.0737. The molecule has 0 spiro atoms. The van der Waals surface area contributed by atoms with Crippen LogP contribution in [0.2, 0.25) is 0 Å². The van der Waals surface area contributed by atoms with E-state index in [-0.39, 0.29) is 11.9 Å². The maximum Gasteiger partial charge on any atom is 0.318 e. The molecule has 0 saturated carbocycles. The normalized spacial score (nSPS) is 23.0. The molecule has 1 aromatic carbocycles. The van der Waals surface area contributed by atoms with E-state index in [1.807, 2.05) is 4.90 Å². The van der Waals surface area contributed by atoms with Gasteiger partial charge in [0.25, 0.3) is 0 Å². The van der Waals surface area contributed by atoms with Gasteiger partial charge in [-0.25, -0.2) is 4.39 Å². The smallest absolute Gasteiger partial charge is 0.318 e. The lowest BCUT2D eigenvalue weighted by Crippen LogP contribution is -2.24. The highest BCUT2D eigenvalue weighted by atomic mass is 19.1. The van der Waals surface area contributed by atoms with E-state index in [4.69, 9.17) is 4.42 Å². The van der Waals surface area contributed by atoms with Crippen LogP contribution in [-0.2, 0) is 0 Å². The number of aromatic nitrogens is 2. The zero-order chi connectivity index (χ0) is 13.4. The van der Waals surface area contributed by atoms with Crippen molar-refractivity contribution in [3.8, 4) is 0 Å². The second-order valence-electron chi connectivity index (χ2n) is 4.71. The summed E-state index contributed by atoms with van der Waals surface area (Å²) in [6, 6.07) is 6.58. The van der Waals surface area contributed by atoms with Crippen molar-refractivity contribution in [2.75, 3.05) is 11.4 Å². The fraction of sp³-hybridized carbons (Fsp3) is 0.385. The van der Waals surface area contributed by atoms with Crippen molar-refractivity contribution in [3.63, 3.8) is 0 Å². The van der Waals surface area contributed by atoms with Gasteiger partial charge in [0.15, 0.2) is 0 Å². The van der Waals surface area contributed by atoms with Gasteiger partial charge in [-0.05, 0) is 24.1 Å². The molecule has 1 aliphatic rings. The van der Waals surface area contributed by atoms with Crippen molar-refractivity contribution in [1.82, 2.24) is 10.2 Å². The first-order valence-corrected chi connectivity index (χ1v) is 6.14. The minimum Gasteiger partial charge on any atom is -0.408 e. The number of benzene rings is 1. The van der Waals surface area contributed by atoms with Crippen LogP contribution in [0.5, 0.6) is 0 Å². The van der Waals surface area contributed by atoms with Gasteiger partial charge in [0, 0.05) is 13.5 Å². The summed E-state index contributed by atoms with van der Waals surface area (Å²) in [5, 5.41) is 17.6. The average Bonchev–Trinajstić information content (AvgIpc) is 2.96. The van der Waals surface area contributed by atoms with E-state index in [0.717, 1.165) is 5.56 Å². The van der Waals surface area contributed by atoms with E-state index < -0.39 is 6.10 Å². The topological polar surface area (TPSA) is 62.4 Å². The summed E-state index contributed by atoms with van der Waals surface area (Å²) in [5.74, 6) is 0.205. The van der Waals surface area contributed by atoms with Crippen LogP contribution in [0, 0.1) is 12.7 Å². The number of halogens is 1. The Morgan fingerprint density at radius 3 is 2.68 bits per heavy atom. The van der Waals surface area contributed by atoms with Gasteiger partial charge in [0.2, 0.25) is 5.89 Å². The molecule has 1 saturated heterocycles. The molecular weight excluding hydrogens is 249 g/mol. The molecule has 0 aliphatic carbocycles. The minimum atomic E-state index is -0.456. The summed E-state index contributed by atoms with van der Waals surface area (Å²) in [5.41, 5.74) is 0.925. The third kappa shape index (κ3) is 2.31. The summed E-state index contributed by atoms with van der Waals surface area (Å²) in [6.07, 6.45) is 0.106. The van der Waals surface area contributed by atoms with Crippen LogP contribution in [-0.4, -0.2) is 28.0 Å². The van der Waals surface area contributed by atoms with Crippen molar-refractivity contribution in [2.24, 2.45) is 0 Å². The number of aliphatic hydroxyl groups is 1. The number of aliphatic hydroxyl groups excluding tert-OH is 1. The maximum atomic E-state index is 13.0. The maximum absolute atomic E-state index is 13.0. The molecule has 0 bridgehead atoms. The Morgan fingerprint density at radius 1 is 1.32 bits per heavy atom. The first-order chi connectivity index (χ1) is 9.13.